The first-order valence-electron chi connectivity index (χ1n) is 4.72. The summed E-state index contributed by atoms with van der Waals surface area (Å²) in [7, 11) is 0. The number of hydrogen-bond donors (Lipinski definition) is 2. The van der Waals surface area contributed by atoms with E-state index in [1.165, 1.54) is 0 Å². The molecule has 0 aromatic rings. The zero-order valence-electron chi connectivity index (χ0n) is 8.25. The van der Waals surface area contributed by atoms with Gasteiger partial charge in [0.1, 0.15) is 0 Å². The number of amides is 1. The molecule has 2 atom stereocenters. The van der Waals surface area contributed by atoms with Gasteiger partial charge < -0.3 is 10.6 Å². The first-order chi connectivity index (χ1) is 6.74. The van der Waals surface area contributed by atoms with Crippen molar-refractivity contribution in [2.45, 2.75) is 13.0 Å². The SMILES string of the molecule is CC(C#N)CNC(=O)C1CSCCN1. The van der Waals surface area contributed by atoms with Crippen LogP contribution in [0.5, 0.6) is 0 Å². The van der Waals surface area contributed by atoms with Crippen LogP contribution in [0.1, 0.15) is 6.92 Å². The van der Waals surface area contributed by atoms with E-state index in [0.29, 0.717) is 6.54 Å². The van der Waals surface area contributed by atoms with Crippen LogP contribution < -0.4 is 10.6 Å². The molecule has 0 radical (unpaired) electrons. The number of hydrogen-bond acceptors (Lipinski definition) is 4. The minimum absolute atomic E-state index is 0.0132. The van der Waals surface area contributed by atoms with E-state index in [9.17, 15) is 4.79 Å². The van der Waals surface area contributed by atoms with Gasteiger partial charge in [-0.1, -0.05) is 0 Å². The molecule has 0 saturated carbocycles. The lowest BCUT2D eigenvalue weighted by Gasteiger charge is -2.22. The summed E-state index contributed by atoms with van der Waals surface area (Å²) in [5.41, 5.74) is 0. The number of carbonyl (C=O) groups is 1. The fraction of sp³-hybridized carbons (Fsp3) is 0.778. The third-order valence-electron chi connectivity index (χ3n) is 2.04. The Labute approximate surface area is 88.4 Å². The fourth-order valence-electron chi connectivity index (χ4n) is 1.16. The third kappa shape index (κ3) is 3.56. The summed E-state index contributed by atoms with van der Waals surface area (Å²) in [5, 5.41) is 14.4. The van der Waals surface area contributed by atoms with Crippen LogP contribution in [0, 0.1) is 17.2 Å². The summed E-state index contributed by atoms with van der Waals surface area (Å²) < 4.78 is 0. The van der Waals surface area contributed by atoms with Crippen molar-refractivity contribution < 1.29 is 4.79 Å². The third-order valence-corrected chi connectivity index (χ3v) is 3.10. The Morgan fingerprint density at radius 1 is 1.86 bits per heavy atom. The van der Waals surface area contributed by atoms with Gasteiger partial charge in [0.25, 0.3) is 0 Å². The average Bonchev–Trinajstić information content (AvgIpc) is 2.26. The van der Waals surface area contributed by atoms with Gasteiger partial charge in [0, 0.05) is 24.6 Å². The molecule has 0 spiro atoms. The molecule has 78 valence electrons. The lowest BCUT2D eigenvalue weighted by atomic mass is 10.2. The monoisotopic (exact) mass is 213 g/mol. The molecule has 1 aliphatic rings. The maximum Gasteiger partial charge on any atom is 0.238 e. The van der Waals surface area contributed by atoms with Gasteiger partial charge >= 0.3 is 0 Å². The van der Waals surface area contributed by atoms with Crippen LogP contribution in [-0.4, -0.2) is 36.5 Å². The van der Waals surface area contributed by atoms with Crippen LogP contribution in [0.15, 0.2) is 0 Å². The van der Waals surface area contributed by atoms with Crippen molar-refractivity contribution in [3.05, 3.63) is 0 Å². The van der Waals surface area contributed by atoms with Crippen LogP contribution in [0.25, 0.3) is 0 Å². The highest BCUT2D eigenvalue weighted by molar-refractivity contribution is 7.99. The molecule has 2 N–H and O–H groups in total. The number of nitrogens with zero attached hydrogens (tertiary/aromatic N) is 1. The molecule has 1 saturated heterocycles. The molecule has 0 aromatic heterocycles. The molecule has 0 aliphatic carbocycles. The zero-order chi connectivity index (χ0) is 10.4. The maximum atomic E-state index is 11.5. The van der Waals surface area contributed by atoms with E-state index in [1.54, 1.807) is 18.7 Å². The Balaban J connectivity index is 2.24. The Bertz CT molecular complexity index is 233. The van der Waals surface area contributed by atoms with E-state index in [2.05, 4.69) is 16.7 Å². The molecular weight excluding hydrogens is 198 g/mol. The summed E-state index contributed by atoms with van der Waals surface area (Å²) in [6.07, 6.45) is 0. The number of nitriles is 1. The summed E-state index contributed by atoms with van der Waals surface area (Å²) >= 11 is 1.78. The van der Waals surface area contributed by atoms with Crippen molar-refractivity contribution in [3.8, 4) is 6.07 Å². The van der Waals surface area contributed by atoms with Gasteiger partial charge in [0.15, 0.2) is 0 Å². The normalized spacial score (nSPS) is 23.6. The fourth-order valence-corrected chi connectivity index (χ4v) is 2.09. The second-order valence-corrected chi connectivity index (χ2v) is 4.51. The van der Waals surface area contributed by atoms with E-state index in [4.69, 9.17) is 5.26 Å². The molecule has 4 nitrogen and oxygen atoms in total. The second-order valence-electron chi connectivity index (χ2n) is 3.36. The Kier molecular flexibility index (Phi) is 4.77. The molecule has 1 heterocycles. The van der Waals surface area contributed by atoms with Gasteiger partial charge in [-0.3, -0.25) is 4.79 Å². The molecule has 14 heavy (non-hydrogen) atoms. The van der Waals surface area contributed by atoms with Gasteiger partial charge in [-0.2, -0.15) is 17.0 Å². The first-order valence-corrected chi connectivity index (χ1v) is 5.88. The van der Waals surface area contributed by atoms with Gasteiger partial charge in [-0.05, 0) is 6.92 Å². The lowest BCUT2D eigenvalue weighted by Crippen LogP contribution is -2.49. The number of carbonyl (C=O) groups excluding carboxylic acids is 1. The highest BCUT2D eigenvalue weighted by Crippen LogP contribution is 2.07. The van der Waals surface area contributed by atoms with Gasteiger partial charge in [0.05, 0.1) is 18.0 Å². The van der Waals surface area contributed by atoms with Crippen LogP contribution >= 0.6 is 11.8 Å². The van der Waals surface area contributed by atoms with Gasteiger partial charge in [-0.25, -0.2) is 0 Å². The van der Waals surface area contributed by atoms with E-state index < -0.39 is 0 Å². The van der Waals surface area contributed by atoms with Crippen LogP contribution in [0.3, 0.4) is 0 Å². The topological polar surface area (TPSA) is 64.9 Å². The van der Waals surface area contributed by atoms with Crippen LogP contribution in [0.4, 0.5) is 0 Å². The van der Waals surface area contributed by atoms with Crippen molar-refractivity contribution in [2.24, 2.45) is 5.92 Å². The minimum Gasteiger partial charge on any atom is -0.353 e. The second kappa shape index (κ2) is 5.89. The number of thioether (sulfide) groups is 1. The van der Waals surface area contributed by atoms with Crippen LogP contribution in [-0.2, 0) is 4.79 Å². The predicted octanol–water partition coefficient (Wildman–Crippen LogP) is -0.0327. The molecule has 2 unspecified atom stereocenters. The molecule has 1 fully saturated rings. The molecule has 1 amide bonds. The van der Waals surface area contributed by atoms with E-state index in [1.807, 2.05) is 0 Å². The van der Waals surface area contributed by atoms with Crippen molar-refractivity contribution in [1.82, 2.24) is 10.6 Å². The van der Waals surface area contributed by atoms with Gasteiger partial charge in [0.2, 0.25) is 5.91 Å². The molecular formula is C9H15N3OS. The van der Waals surface area contributed by atoms with Crippen molar-refractivity contribution in [2.75, 3.05) is 24.6 Å². The summed E-state index contributed by atoms with van der Waals surface area (Å²) in [6, 6.07) is 2.00. The number of nitrogens with one attached hydrogen (secondary N) is 2. The van der Waals surface area contributed by atoms with Gasteiger partial charge in [-0.15, -0.1) is 0 Å². The molecule has 0 aromatic carbocycles. The Hall–Kier alpha value is -0.730. The number of rotatable bonds is 3. The van der Waals surface area contributed by atoms with Crippen molar-refractivity contribution in [1.29, 1.82) is 5.26 Å². The first kappa shape index (κ1) is 11.3. The van der Waals surface area contributed by atoms with E-state index >= 15 is 0 Å². The minimum atomic E-state index is -0.116. The zero-order valence-corrected chi connectivity index (χ0v) is 9.06. The molecule has 0 bridgehead atoms. The standard InChI is InChI=1S/C9H15N3OS/c1-7(4-10)5-12-9(13)8-6-14-3-2-11-8/h7-8,11H,2-3,5-6H2,1H3,(H,12,13). The summed E-state index contributed by atoms with van der Waals surface area (Å²) in [5.74, 6) is 1.79. The summed E-state index contributed by atoms with van der Waals surface area (Å²) in [6.45, 7) is 3.12. The van der Waals surface area contributed by atoms with Crippen LogP contribution in [0.2, 0.25) is 0 Å². The highest BCUT2D eigenvalue weighted by atomic mass is 32.2. The predicted molar refractivity (Wildman–Crippen MR) is 56.9 cm³/mol. The van der Waals surface area contributed by atoms with E-state index in [0.717, 1.165) is 18.1 Å². The van der Waals surface area contributed by atoms with Crippen molar-refractivity contribution >= 4 is 17.7 Å². The van der Waals surface area contributed by atoms with Crippen molar-refractivity contribution in [3.63, 3.8) is 0 Å². The molecule has 1 aliphatic heterocycles. The average molecular weight is 213 g/mol. The maximum absolute atomic E-state index is 11.5. The Morgan fingerprint density at radius 3 is 3.21 bits per heavy atom. The van der Waals surface area contributed by atoms with E-state index in [-0.39, 0.29) is 17.9 Å². The largest absolute Gasteiger partial charge is 0.353 e. The quantitative estimate of drug-likeness (QED) is 0.691. The smallest absolute Gasteiger partial charge is 0.238 e. The summed E-state index contributed by atoms with van der Waals surface area (Å²) in [4.78, 5) is 11.5. The molecule has 5 heteroatoms. The molecule has 1 rings (SSSR count). The lowest BCUT2D eigenvalue weighted by molar-refractivity contribution is -0.122. The Morgan fingerprint density at radius 2 is 2.64 bits per heavy atom. The highest BCUT2D eigenvalue weighted by Gasteiger charge is 2.20.